The number of aromatic nitrogens is 1. The Balaban J connectivity index is 0.925. The van der Waals surface area contributed by atoms with Crippen LogP contribution >= 0.6 is 0 Å². The number of nitrogens with zero attached hydrogens (tertiary/aromatic N) is 2. The average molecular weight is 1010 g/mol. The molecular formula is C77H52N2. The molecular weight excluding hydrogens is 953 g/mol. The van der Waals surface area contributed by atoms with Crippen molar-refractivity contribution in [2.75, 3.05) is 4.90 Å². The average Bonchev–Trinajstić information content (AvgIpc) is 4.20. The van der Waals surface area contributed by atoms with Crippen LogP contribution in [0.2, 0.25) is 0 Å². The Morgan fingerprint density at radius 1 is 0.278 bits per heavy atom. The number of benzene rings is 13. The molecule has 0 aliphatic heterocycles. The minimum absolute atomic E-state index is 0.490. The molecule has 0 spiro atoms. The lowest BCUT2D eigenvalue weighted by Crippen LogP contribution is -2.28. The second kappa shape index (κ2) is 19.1. The highest BCUT2D eigenvalue weighted by atomic mass is 15.1. The van der Waals surface area contributed by atoms with Crippen LogP contribution in [0.3, 0.4) is 0 Å². The summed E-state index contributed by atoms with van der Waals surface area (Å²) in [5.74, 6) is 0. The summed E-state index contributed by atoms with van der Waals surface area (Å²) >= 11 is 0. The van der Waals surface area contributed by atoms with Gasteiger partial charge in [0, 0.05) is 33.3 Å². The van der Waals surface area contributed by atoms with Gasteiger partial charge in [0.2, 0.25) is 0 Å². The van der Waals surface area contributed by atoms with E-state index in [1.165, 1.54) is 88.2 Å². The van der Waals surface area contributed by atoms with E-state index < -0.39 is 5.41 Å². The molecule has 0 radical (unpaired) electrons. The van der Waals surface area contributed by atoms with Gasteiger partial charge in [-0.25, -0.2) is 0 Å². The molecule has 2 nitrogen and oxygen atoms in total. The lowest BCUT2D eigenvalue weighted by atomic mass is 9.67. The molecule has 0 amide bonds. The van der Waals surface area contributed by atoms with E-state index in [-0.39, 0.29) is 0 Å². The Kier molecular flexibility index (Phi) is 11.1. The Hall–Kier alpha value is -10.3. The summed E-state index contributed by atoms with van der Waals surface area (Å²) in [6.07, 6.45) is 0. The van der Waals surface area contributed by atoms with Crippen molar-refractivity contribution in [1.82, 2.24) is 4.57 Å². The van der Waals surface area contributed by atoms with Gasteiger partial charge in [0.1, 0.15) is 0 Å². The van der Waals surface area contributed by atoms with E-state index in [9.17, 15) is 0 Å². The molecule has 0 bridgehead atoms. The van der Waals surface area contributed by atoms with Crippen LogP contribution < -0.4 is 4.90 Å². The van der Waals surface area contributed by atoms with Gasteiger partial charge < -0.3 is 9.47 Å². The summed E-state index contributed by atoms with van der Waals surface area (Å²) in [6, 6.07) is 116. The van der Waals surface area contributed by atoms with E-state index in [2.05, 4.69) is 325 Å². The van der Waals surface area contributed by atoms with Crippen LogP contribution in [-0.4, -0.2) is 4.57 Å². The Morgan fingerprint density at radius 2 is 0.797 bits per heavy atom. The minimum atomic E-state index is -0.490. The predicted octanol–water partition coefficient (Wildman–Crippen LogP) is 20.4. The minimum Gasteiger partial charge on any atom is -0.309 e. The smallest absolute Gasteiger partial charge is 0.0713 e. The maximum Gasteiger partial charge on any atom is 0.0713 e. The zero-order chi connectivity index (χ0) is 52.3. The molecule has 79 heavy (non-hydrogen) atoms. The van der Waals surface area contributed by atoms with Gasteiger partial charge in [-0.05, 0) is 138 Å². The first-order valence-electron chi connectivity index (χ1n) is 27.3. The third kappa shape index (κ3) is 7.48. The lowest BCUT2D eigenvalue weighted by molar-refractivity contribution is 0.769. The van der Waals surface area contributed by atoms with Crippen molar-refractivity contribution in [3.8, 4) is 61.3 Å². The maximum absolute atomic E-state index is 2.49. The number of fused-ring (bicyclic) bond motifs is 7. The normalized spacial score (nSPS) is 12.4. The van der Waals surface area contributed by atoms with Crippen molar-refractivity contribution in [3.63, 3.8) is 0 Å². The molecule has 0 saturated carbocycles. The first-order valence-corrected chi connectivity index (χ1v) is 27.3. The molecule has 370 valence electrons. The zero-order valence-electron chi connectivity index (χ0n) is 43.4. The van der Waals surface area contributed by atoms with Crippen molar-refractivity contribution in [1.29, 1.82) is 0 Å². The molecule has 0 unspecified atom stereocenters. The standard InChI is InChI=1S/C77H52N2/c1-5-23-54(24-6-1)63-37-21-25-55-26-22-38-68(76(55)63)66-35-15-19-41-73(66)79(72-40-18-14-33-62(72)57-46-50-75-69(51-57)67-36-16-20-42-74(67)78(75)60-31-11-4-12-32-60)61-47-43-53(44-48-61)56-45-49-65-64-34-13-17-39-70(64)77(71(65)52-56,58-27-7-2-8-28-58)59-29-9-3-10-30-59/h1-52H. The van der Waals surface area contributed by atoms with Crippen molar-refractivity contribution in [3.05, 3.63) is 338 Å². The number of para-hydroxylation sites is 4. The highest BCUT2D eigenvalue weighted by molar-refractivity contribution is 6.12. The SMILES string of the molecule is c1ccc(-c2cccc3cccc(-c4ccccc4N(c4ccc(-c5ccc6c(c5)C(c5ccccc5)(c5ccccc5)c5ccccc5-6)cc4)c4ccccc4-c4ccc5c(c4)c4ccccc4n5-c4ccccc4)c23)cc1. The highest BCUT2D eigenvalue weighted by Crippen LogP contribution is 2.57. The fraction of sp³-hybridized carbons (Fsp3) is 0.0130. The molecule has 13 aromatic carbocycles. The van der Waals surface area contributed by atoms with Gasteiger partial charge >= 0.3 is 0 Å². The van der Waals surface area contributed by atoms with Crippen molar-refractivity contribution < 1.29 is 0 Å². The zero-order valence-corrected chi connectivity index (χ0v) is 43.4. The van der Waals surface area contributed by atoms with Crippen molar-refractivity contribution in [2.24, 2.45) is 0 Å². The summed E-state index contributed by atoms with van der Waals surface area (Å²) < 4.78 is 2.39. The first kappa shape index (κ1) is 46.1. The van der Waals surface area contributed by atoms with Gasteiger partial charge in [-0.15, -0.1) is 0 Å². The van der Waals surface area contributed by atoms with Crippen LogP contribution in [0.1, 0.15) is 22.3 Å². The fourth-order valence-electron chi connectivity index (χ4n) is 13.1. The van der Waals surface area contributed by atoms with E-state index >= 15 is 0 Å². The molecule has 1 aromatic heterocycles. The second-order valence-corrected chi connectivity index (χ2v) is 20.7. The predicted molar refractivity (Wildman–Crippen MR) is 332 cm³/mol. The molecule has 15 rings (SSSR count). The Bertz CT molecular complexity index is 4530. The van der Waals surface area contributed by atoms with Crippen LogP contribution in [0.5, 0.6) is 0 Å². The third-order valence-electron chi connectivity index (χ3n) is 16.5. The Morgan fingerprint density at radius 3 is 1.52 bits per heavy atom. The second-order valence-electron chi connectivity index (χ2n) is 20.7. The summed E-state index contributed by atoms with van der Waals surface area (Å²) in [6.45, 7) is 0. The summed E-state index contributed by atoms with van der Waals surface area (Å²) in [5.41, 5.74) is 23.3. The van der Waals surface area contributed by atoms with E-state index in [1.54, 1.807) is 0 Å². The lowest BCUT2D eigenvalue weighted by Gasteiger charge is -2.34. The number of anilines is 3. The largest absolute Gasteiger partial charge is 0.309 e. The number of rotatable bonds is 10. The molecule has 0 saturated heterocycles. The van der Waals surface area contributed by atoms with Gasteiger partial charge in [-0.2, -0.15) is 0 Å². The monoisotopic (exact) mass is 1000 g/mol. The van der Waals surface area contributed by atoms with E-state index in [4.69, 9.17) is 0 Å². The molecule has 1 heterocycles. The van der Waals surface area contributed by atoms with E-state index in [0.29, 0.717) is 0 Å². The molecule has 2 heteroatoms. The van der Waals surface area contributed by atoms with Crippen LogP contribution in [0, 0.1) is 0 Å². The molecule has 14 aromatic rings. The maximum atomic E-state index is 2.49. The topological polar surface area (TPSA) is 8.17 Å². The van der Waals surface area contributed by atoms with Crippen molar-refractivity contribution >= 4 is 49.6 Å². The van der Waals surface area contributed by atoms with Crippen LogP contribution in [0.25, 0.3) is 93.9 Å². The third-order valence-corrected chi connectivity index (χ3v) is 16.5. The van der Waals surface area contributed by atoms with Gasteiger partial charge in [0.15, 0.2) is 0 Å². The molecule has 0 atom stereocenters. The van der Waals surface area contributed by atoms with Gasteiger partial charge in [-0.3, -0.25) is 0 Å². The summed E-state index contributed by atoms with van der Waals surface area (Å²) in [7, 11) is 0. The highest BCUT2D eigenvalue weighted by Gasteiger charge is 2.46. The van der Waals surface area contributed by atoms with E-state index in [1.807, 2.05) is 0 Å². The molecule has 0 N–H and O–H groups in total. The van der Waals surface area contributed by atoms with Gasteiger partial charge in [0.05, 0.1) is 27.8 Å². The molecule has 0 fully saturated rings. The van der Waals surface area contributed by atoms with Crippen LogP contribution in [0.15, 0.2) is 315 Å². The van der Waals surface area contributed by atoms with Crippen LogP contribution in [0.4, 0.5) is 17.1 Å². The van der Waals surface area contributed by atoms with E-state index in [0.717, 1.165) is 45.0 Å². The molecule has 1 aliphatic carbocycles. The fourth-order valence-corrected chi connectivity index (χ4v) is 13.1. The van der Waals surface area contributed by atoms with Gasteiger partial charge in [-0.1, -0.05) is 255 Å². The van der Waals surface area contributed by atoms with Crippen LogP contribution in [-0.2, 0) is 5.41 Å². The summed E-state index contributed by atoms with van der Waals surface area (Å²) in [5, 5.41) is 4.87. The molecule has 1 aliphatic rings. The Labute approximate surface area is 461 Å². The van der Waals surface area contributed by atoms with Gasteiger partial charge in [0.25, 0.3) is 0 Å². The van der Waals surface area contributed by atoms with Crippen molar-refractivity contribution in [2.45, 2.75) is 5.41 Å². The number of hydrogen-bond donors (Lipinski definition) is 0. The first-order chi connectivity index (χ1) is 39.2. The summed E-state index contributed by atoms with van der Waals surface area (Å²) in [4.78, 5) is 2.49. The quantitative estimate of drug-likeness (QED) is 0.133. The number of hydrogen-bond acceptors (Lipinski definition) is 1.